The zero-order chi connectivity index (χ0) is 14.0. The first-order valence-electron chi connectivity index (χ1n) is 6.37. The summed E-state index contributed by atoms with van der Waals surface area (Å²) < 4.78 is 0. The maximum Gasteiger partial charge on any atom is 0.306 e. The largest absolute Gasteiger partial charge is 0.481 e. The molecule has 2 rings (SSSR count). The zero-order valence-electron chi connectivity index (χ0n) is 10.8. The van der Waals surface area contributed by atoms with Crippen molar-refractivity contribution in [1.82, 2.24) is 5.32 Å². The highest BCUT2D eigenvalue weighted by Gasteiger charge is 2.30. The number of carbonyl (C=O) groups excluding carboxylic acids is 1. The number of aliphatic carboxylic acids is 1. The summed E-state index contributed by atoms with van der Waals surface area (Å²) in [4.78, 5) is 22.9. The van der Waals surface area contributed by atoms with Gasteiger partial charge in [0.15, 0.2) is 0 Å². The fourth-order valence-corrected chi connectivity index (χ4v) is 2.42. The molecule has 5 heteroatoms. The van der Waals surface area contributed by atoms with Gasteiger partial charge < -0.3 is 16.2 Å². The summed E-state index contributed by atoms with van der Waals surface area (Å²) in [7, 11) is 0. The lowest BCUT2D eigenvalue weighted by molar-refractivity contribution is -0.141. The number of carbonyl (C=O) groups is 2. The van der Waals surface area contributed by atoms with Crippen LogP contribution in [0.1, 0.15) is 35.2 Å². The molecule has 0 heterocycles. The number of aryl methyl sites for hydroxylation is 1. The van der Waals surface area contributed by atoms with Crippen LogP contribution in [0.2, 0.25) is 0 Å². The van der Waals surface area contributed by atoms with Crippen molar-refractivity contribution in [2.45, 2.75) is 32.2 Å². The van der Waals surface area contributed by atoms with Crippen molar-refractivity contribution < 1.29 is 14.7 Å². The van der Waals surface area contributed by atoms with Gasteiger partial charge in [0.05, 0.1) is 5.92 Å². The first kappa shape index (κ1) is 13.4. The normalized spacial score (nSPS) is 22.2. The van der Waals surface area contributed by atoms with Crippen molar-refractivity contribution in [2.24, 2.45) is 5.92 Å². The molecule has 0 unspecified atom stereocenters. The van der Waals surface area contributed by atoms with Gasteiger partial charge in [-0.3, -0.25) is 9.59 Å². The lowest BCUT2D eigenvalue weighted by atomic mass is 10.1. The van der Waals surface area contributed by atoms with E-state index in [1.54, 1.807) is 18.2 Å². The monoisotopic (exact) mass is 262 g/mol. The maximum absolute atomic E-state index is 12.0. The first-order valence-corrected chi connectivity index (χ1v) is 6.37. The number of amides is 1. The van der Waals surface area contributed by atoms with E-state index in [1.165, 1.54) is 0 Å². The molecular weight excluding hydrogens is 244 g/mol. The van der Waals surface area contributed by atoms with Crippen LogP contribution < -0.4 is 11.1 Å². The highest BCUT2D eigenvalue weighted by atomic mass is 16.4. The van der Waals surface area contributed by atoms with Gasteiger partial charge in [-0.05, 0) is 49.9 Å². The van der Waals surface area contributed by atoms with Crippen molar-refractivity contribution in [2.75, 3.05) is 5.73 Å². The lowest BCUT2D eigenvalue weighted by Crippen LogP contribution is -2.33. The van der Waals surface area contributed by atoms with E-state index in [0.29, 0.717) is 24.1 Å². The van der Waals surface area contributed by atoms with E-state index in [9.17, 15) is 9.59 Å². The molecule has 0 aliphatic heterocycles. The minimum absolute atomic E-state index is 0.0496. The van der Waals surface area contributed by atoms with Gasteiger partial charge in [0.25, 0.3) is 5.91 Å². The zero-order valence-corrected chi connectivity index (χ0v) is 10.8. The molecule has 0 spiro atoms. The van der Waals surface area contributed by atoms with Gasteiger partial charge in [0.2, 0.25) is 0 Å². The van der Waals surface area contributed by atoms with Gasteiger partial charge in [-0.2, -0.15) is 0 Å². The third-order valence-electron chi connectivity index (χ3n) is 3.65. The van der Waals surface area contributed by atoms with Crippen LogP contribution in [0.25, 0.3) is 0 Å². The highest BCUT2D eigenvalue weighted by Crippen LogP contribution is 2.26. The number of nitrogens with two attached hydrogens (primary N) is 1. The van der Waals surface area contributed by atoms with Gasteiger partial charge in [-0.15, -0.1) is 0 Å². The Morgan fingerprint density at radius 3 is 2.68 bits per heavy atom. The third kappa shape index (κ3) is 3.05. The molecule has 1 amide bonds. The topological polar surface area (TPSA) is 92.4 Å². The summed E-state index contributed by atoms with van der Waals surface area (Å²) in [5, 5.41) is 11.8. The molecule has 19 heavy (non-hydrogen) atoms. The predicted molar refractivity (Wildman–Crippen MR) is 71.8 cm³/mol. The predicted octanol–water partition coefficient (Wildman–Crippen LogP) is 1.56. The Morgan fingerprint density at radius 2 is 2.11 bits per heavy atom. The molecule has 0 bridgehead atoms. The molecule has 4 N–H and O–H groups in total. The van der Waals surface area contributed by atoms with E-state index in [2.05, 4.69) is 5.32 Å². The van der Waals surface area contributed by atoms with Crippen molar-refractivity contribution in [3.63, 3.8) is 0 Å². The molecule has 1 aromatic rings. The van der Waals surface area contributed by atoms with Crippen LogP contribution in [0.15, 0.2) is 18.2 Å². The number of carboxylic acid groups (broad SMARTS) is 1. The minimum atomic E-state index is -0.778. The third-order valence-corrected chi connectivity index (χ3v) is 3.65. The summed E-state index contributed by atoms with van der Waals surface area (Å²) in [6.45, 7) is 1.85. The van der Waals surface area contributed by atoms with E-state index in [0.717, 1.165) is 12.0 Å². The smallest absolute Gasteiger partial charge is 0.306 e. The van der Waals surface area contributed by atoms with E-state index in [1.807, 2.05) is 6.92 Å². The molecule has 1 aromatic carbocycles. The van der Waals surface area contributed by atoms with Gasteiger partial charge in [0, 0.05) is 17.3 Å². The van der Waals surface area contributed by atoms with Crippen LogP contribution in [0, 0.1) is 12.8 Å². The van der Waals surface area contributed by atoms with Gasteiger partial charge >= 0.3 is 5.97 Å². The number of anilines is 1. The molecule has 1 saturated carbocycles. The van der Waals surface area contributed by atoms with E-state index >= 15 is 0 Å². The number of rotatable bonds is 3. The molecule has 1 aliphatic carbocycles. The van der Waals surface area contributed by atoms with Crippen LogP contribution in [-0.4, -0.2) is 23.0 Å². The summed E-state index contributed by atoms with van der Waals surface area (Å²) >= 11 is 0. The van der Waals surface area contributed by atoms with Gasteiger partial charge in [-0.25, -0.2) is 0 Å². The Hall–Kier alpha value is -2.04. The van der Waals surface area contributed by atoms with Gasteiger partial charge in [0.1, 0.15) is 0 Å². The Morgan fingerprint density at radius 1 is 1.37 bits per heavy atom. The second-order valence-electron chi connectivity index (χ2n) is 5.09. The molecule has 1 fully saturated rings. The van der Waals surface area contributed by atoms with Gasteiger partial charge in [-0.1, -0.05) is 0 Å². The SMILES string of the molecule is Cc1cc(C(=O)N[C@H]2CC[C@@H](C(=O)O)C2)ccc1N. The van der Waals surface area contributed by atoms with Crippen LogP contribution in [0.5, 0.6) is 0 Å². The summed E-state index contributed by atoms with van der Waals surface area (Å²) in [5.41, 5.74) is 7.79. The molecule has 2 atom stereocenters. The fourth-order valence-electron chi connectivity index (χ4n) is 2.42. The first-order chi connectivity index (χ1) is 8.97. The lowest BCUT2D eigenvalue weighted by Gasteiger charge is -2.13. The number of benzene rings is 1. The number of nitrogens with one attached hydrogen (secondary N) is 1. The molecule has 0 aromatic heterocycles. The molecule has 0 radical (unpaired) electrons. The molecule has 0 saturated heterocycles. The van der Waals surface area contributed by atoms with Crippen molar-refractivity contribution in [3.8, 4) is 0 Å². The Labute approximate surface area is 111 Å². The van der Waals surface area contributed by atoms with Crippen molar-refractivity contribution in [1.29, 1.82) is 0 Å². The summed E-state index contributed by atoms with van der Waals surface area (Å²) in [6.07, 6.45) is 1.85. The minimum Gasteiger partial charge on any atom is -0.481 e. The number of carboxylic acids is 1. The van der Waals surface area contributed by atoms with Crippen LogP contribution in [-0.2, 0) is 4.79 Å². The van der Waals surface area contributed by atoms with E-state index in [-0.39, 0.29) is 17.9 Å². The Balaban J connectivity index is 1.98. The second-order valence-corrected chi connectivity index (χ2v) is 5.09. The number of nitrogen functional groups attached to an aromatic ring is 1. The average Bonchev–Trinajstić information content (AvgIpc) is 2.81. The fraction of sp³-hybridized carbons (Fsp3) is 0.429. The quantitative estimate of drug-likeness (QED) is 0.721. The Bertz CT molecular complexity index is 513. The molecule has 5 nitrogen and oxygen atoms in total. The molecule has 102 valence electrons. The highest BCUT2D eigenvalue weighted by molar-refractivity contribution is 5.95. The summed E-state index contributed by atoms with van der Waals surface area (Å²) in [5.74, 6) is -1.28. The molecule has 1 aliphatic rings. The van der Waals surface area contributed by atoms with Crippen molar-refractivity contribution in [3.05, 3.63) is 29.3 Å². The van der Waals surface area contributed by atoms with Crippen molar-refractivity contribution >= 4 is 17.6 Å². The van der Waals surface area contributed by atoms with Crippen LogP contribution >= 0.6 is 0 Å². The van der Waals surface area contributed by atoms with Crippen LogP contribution in [0.4, 0.5) is 5.69 Å². The van der Waals surface area contributed by atoms with Crippen LogP contribution in [0.3, 0.4) is 0 Å². The maximum atomic E-state index is 12.0. The van der Waals surface area contributed by atoms with E-state index in [4.69, 9.17) is 10.8 Å². The second kappa shape index (κ2) is 5.30. The standard InChI is InChI=1S/C14H18N2O3/c1-8-6-9(3-5-12(8)15)13(17)16-11-4-2-10(7-11)14(18)19/h3,5-6,10-11H,2,4,7,15H2,1H3,(H,16,17)(H,18,19)/t10-,11+/m1/s1. The number of hydrogen-bond acceptors (Lipinski definition) is 3. The Kier molecular flexibility index (Phi) is 3.74. The number of hydrogen-bond donors (Lipinski definition) is 3. The average molecular weight is 262 g/mol. The molecular formula is C14H18N2O3. The summed E-state index contributed by atoms with van der Waals surface area (Å²) in [6, 6.07) is 5.08. The van der Waals surface area contributed by atoms with E-state index < -0.39 is 5.97 Å².